The summed E-state index contributed by atoms with van der Waals surface area (Å²) >= 11 is 5.99. The molecule has 2 aromatic carbocycles. The van der Waals surface area contributed by atoms with Crippen molar-refractivity contribution in [2.75, 3.05) is 12.4 Å². The third kappa shape index (κ3) is 3.55. The number of methoxy groups -OCH3 is 1. The SMILES string of the molecule is COc1ccc(Cl)cc1C(=O)Nc1ccccc1Cn1cncn1. The molecule has 0 unspecified atom stereocenters. The van der Waals surface area contributed by atoms with Crippen molar-refractivity contribution in [3.05, 3.63) is 71.3 Å². The van der Waals surface area contributed by atoms with Gasteiger partial charge in [0.1, 0.15) is 18.4 Å². The van der Waals surface area contributed by atoms with Crippen molar-refractivity contribution >= 4 is 23.2 Å². The number of rotatable bonds is 5. The first-order chi connectivity index (χ1) is 11.7. The molecule has 0 atom stereocenters. The van der Waals surface area contributed by atoms with Gasteiger partial charge in [0.15, 0.2) is 0 Å². The summed E-state index contributed by atoms with van der Waals surface area (Å²) in [6, 6.07) is 12.4. The van der Waals surface area contributed by atoms with Gasteiger partial charge in [-0.25, -0.2) is 9.67 Å². The Morgan fingerprint density at radius 2 is 2.12 bits per heavy atom. The summed E-state index contributed by atoms with van der Waals surface area (Å²) in [5.41, 5.74) is 1.98. The summed E-state index contributed by atoms with van der Waals surface area (Å²) in [6.07, 6.45) is 3.09. The molecule has 1 amide bonds. The van der Waals surface area contributed by atoms with Gasteiger partial charge in [-0.2, -0.15) is 5.10 Å². The maximum Gasteiger partial charge on any atom is 0.259 e. The number of hydrogen-bond donors (Lipinski definition) is 1. The molecule has 0 saturated carbocycles. The van der Waals surface area contributed by atoms with Crippen LogP contribution in [-0.4, -0.2) is 27.8 Å². The van der Waals surface area contributed by atoms with Crippen LogP contribution in [0.15, 0.2) is 55.1 Å². The first-order valence-electron chi connectivity index (χ1n) is 7.22. The molecule has 122 valence electrons. The van der Waals surface area contributed by atoms with E-state index in [2.05, 4.69) is 15.4 Å². The quantitative estimate of drug-likeness (QED) is 0.772. The minimum Gasteiger partial charge on any atom is -0.496 e. The van der Waals surface area contributed by atoms with Crippen molar-refractivity contribution in [2.24, 2.45) is 0 Å². The van der Waals surface area contributed by atoms with Crippen LogP contribution in [0.2, 0.25) is 5.02 Å². The zero-order chi connectivity index (χ0) is 16.9. The van der Waals surface area contributed by atoms with E-state index in [4.69, 9.17) is 16.3 Å². The van der Waals surface area contributed by atoms with Crippen LogP contribution in [0.4, 0.5) is 5.69 Å². The highest BCUT2D eigenvalue weighted by molar-refractivity contribution is 6.31. The molecule has 0 saturated heterocycles. The Kier molecular flexibility index (Phi) is 4.77. The lowest BCUT2D eigenvalue weighted by Gasteiger charge is -2.13. The van der Waals surface area contributed by atoms with Gasteiger partial charge in [0.25, 0.3) is 5.91 Å². The molecule has 0 radical (unpaired) electrons. The average molecular weight is 343 g/mol. The molecule has 1 heterocycles. The maximum absolute atomic E-state index is 12.6. The van der Waals surface area contributed by atoms with Crippen molar-refractivity contribution in [1.29, 1.82) is 0 Å². The van der Waals surface area contributed by atoms with E-state index in [1.165, 1.54) is 13.4 Å². The number of nitrogens with zero attached hydrogens (tertiary/aromatic N) is 3. The number of carbonyl (C=O) groups excluding carboxylic acids is 1. The van der Waals surface area contributed by atoms with E-state index in [9.17, 15) is 4.79 Å². The van der Waals surface area contributed by atoms with Crippen molar-refractivity contribution in [1.82, 2.24) is 14.8 Å². The molecular formula is C17H15ClN4O2. The van der Waals surface area contributed by atoms with Crippen LogP contribution < -0.4 is 10.1 Å². The summed E-state index contributed by atoms with van der Waals surface area (Å²) in [7, 11) is 1.51. The average Bonchev–Trinajstić information content (AvgIpc) is 3.09. The van der Waals surface area contributed by atoms with Crippen LogP contribution in [-0.2, 0) is 6.54 Å². The minimum absolute atomic E-state index is 0.291. The van der Waals surface area contributed by atoms with Gasteiger partial charge in [-0.05, 0) is 29.8 Å². The maximum atomic E-state index is 12.6. The zero-order valence-corrected chi connectivity index (χ0v) is 13.7. The van der Waals surface area contributed by atoms with Crippen LogP contribution in [0.1, 0.15) is 15.9 Å². The van der Waals surface area contributed by atoms with Crippen LogP contribution in [0.3, 0.4) is 0 Å². The first kappa shape index (κ1) is 16.0. The van der Waals surface area contributed by atoms with Gasteiger partial charge in [0, 0.05) is 10.7 Å². The lowest BCUT2D eigenvalue weighted by atomic mass is 10.1. The standard InChI is InChI=1S/C17H15ClN4O2/c1-24-16-7-6-13(18)8-14(16)17(23)21-15-5-3-2-4-12(15)9-22-11-19-10-20-22/h2-8,10-11H,9H2,1H3,(H,21,23). The molecule has 0 aliphatic carbocycles. The second-order valence-electron chi connectivity index (χ2n) is 5.05. The molecule has 1 aromatic heterocycles. The topological polar surface area (TPSA) is 69.0 Å². The van der Waals surface area contributed by atoms with Gasteiger partial charge < -0.3 is 10.1 Å². The molecule has 0 aliphatic heterocycles. The van der Waals surface area contributed by atoms with Crippen molar-refractivity contribution in [3.63, 3.8) is 0 Å². The molecule has 6 nitrogen and oxygen atoms in total. The highest BCUT2D eigenvalue weighted by Gasteiger charge is 2.14. The Morgan fingerprint density at radius 3 is 2.88 bits per heavy atom. The molecule has 3 rings (SSSR count). The van der Waals surface area contributed by atoms with Gasteiger partial charge in [0.05, 0.1) is 19.2 Å². The predicted octanol–water partition coefficient (Wildman–Crippen LogP) is 3.24. The van der Waals surface area contributed by atoms with Crippen LogP contribution in [0.5, 0.6) is 5.75 Å². The van der Waals surface area contributed by atoms with E-state index in [0.717, 1.165) is 5.56 Å². The lowest BCUT2D eigenvalue weighted by molar-refractivity contribution is 0.102. The van der Waals surface area contributed by atoms with Gasteiger partial charge in [0.2, 0.25) is 0 Å². The molecule has 1 N–H and O–H groups in total. The highest BCUT2D eigenvalue weighted by Crippen LogP contribution is 2.24. The van der Waals surface area contributed by atoms with Crippen LogP contribution in [0, 0.1) is 0 Å². The second kappa shape index (κ2) is 7.14. The van der Waals surface area contributed by atoms with E-state index >= 15 is 0 Å². The number of hydrogen-bond acceptors (Lipinski definition) is 4. The Labute approximate surface area is 144 Å². The molecule has 0 bridgehead atoms. The monoisotopic (exact) mass is 342 g/mol. The number of halogens is 1. The summed E-state index contributed by atoms with van der Waals surface area (Å²) in [5.74, 6) is 0.172. The van der Waals surface area contributed by atoms with E-state index in [0.29, 0.717) is 28.6 Å². The second-order valence-corrected chi connectivity index (χ2v) is 5.49. The van der Waals surface area contributed by atoms with Gasteiger partial charge >= 0.3 is 0 Å². The molecule has 24 heavy (non-hydrogen) atoms. The lowest BCUT2D eigenvalue weighted by Crippen LogP contribution is -2.15. The number of anilines is 1. The van der Waals surface area contributed by atoms with Crippen LogP contribution in [0.25, 0.3) is 0 Å². The normalized spacial score (nSPS) is 10.4. The van der Waals surface area contributed by atoms with E-state index < -0.39 is 0 Å². The third-order valence-corrected chi connectivity index (χ3v) is 3.71. The predicted molar refractivity (Wildman–Crippen MR) is 91.5 cm³/mol. The number of amides is 1. The molecule has 0 spiro atoms. The zero-order valence-electron chi connectivity index (χ0n) is 12.9. The highest BCUT2D eigenvalue weighted by atomic mass is 35.5. The fourth-order valence-electron chi connectivity index (χ4n) is 2.32. The van der Waals surface area contributed by atoms with Crippen molar-refractivity contribution in [2.45, 2.75) is 6.54 Å². The fraction of sp³-hybridized carbons (Fsp3) is 0.118. The van der Waals surface area contributed by atoms with Crippen molar-refractivity contribution < 1.29 is 9.53 Å². The smallest absolute Gasteiger partial charge is 0.259 e. The van der Waals surface area contributed by atoms with Crippen molar-refractivity contribution in [3.8, 4) is 5.75 Å². The summed E-state index contributed by atoms with van der Waals surface area (Å²) in [4.78, 5) is 16.5. The number of benzene rings is 2. The number of carbonyl (C=O) groups is 1. The van der Waals surface area contributed by atoms with Crippen LogP contribution >= 0.6 is 11.6 Å². The first-order valence-corrected chi connectivity index (χ1v) is 7.60. The Morgan fingerprint density at radius 1 is 1.29 bits per heavy atom. The Balaban J connectivity index is 1.86. The van der Waals surface area contributed by atoms with E-state index in [1.54, 1.807) is 29.2 Å². The van der Waals surface area contributed by atoms with Gasteiger partial charge in [-0.1, -0.05) is 29.8 Å². The molecule has 0 fully saturated rings. The molecule has 7 heteroatoms. The molecule has 0 aliphatic rings. The summed E-state index contributed by atoms with van der Waals surface area (Å²) < 4.78 is 6.92. The van der Waals surface area contributed by atoms with Gasteiger partial charge in [-0.3, -0.25) is 4.79 Å². The Hall–Kier alpha value is -2.86. The number of para-hydroxylation sites is 1. The van der Waals surface area contributed by atoms with E-state index in [1.807, 2.05) is 24.3 Å². The number of aromatic nitrogens is 3. The van der Waals surface area contributed by atoms with E-state index in [-0.39, 0.29) is 5.91 Å². The summed E-state index contributed by atoms with van der Waals surface area (Å²) in [6.45, 7) is 0.503. The molecule has 3 aromatic rings. The number of ether oxygens (including phenoxy) is 1. The minimum atomic E-state index is -0.291. The Bertz CT molecular complexity index is 850. The third-order valence-electron chi connectivity index (χ3n) is 3.47. The van der Waals surface area contributed by atoms with Gasteiger partial charge in [-0.15, -0.1) is 0 Å². The number of nitrogens with one attached hydrogen (secondary N) is 1. The fourth-order valence-corrected chi connectivity index (χ4v) is 2.49. The largest absolute Gasteiger partial charge is 0.496 e. The molecular weight excluding hydrogens is 328 g/mol. The summed E-state index contributed by atoms with van der Waals surface area (Å²) in [5, 5.41) is 7.46.